The van der Waals surface area contributed by atoms with Crippen molar-refractivity contribution in [3.8, 4) is 0 Å². The number of carbonyl (C=O) groups excluding carboxylic acids is 1. The summed E-state index contributed by atoms with van der Waals surface area (Å²) in [7, 11) is 0. The highest BCUT2D eigenvalue weighted by molar-refractivity contribution is 5.88. The monoisotopic (exact) mass is 203 g/mol. The molecule has 82 valence electrons. The normalized spacial score (nSPS) is 12.2. The highest BCUT2D eigenvalue weighted by Gasteiger charge is 2.07. The van der Waals surface area contributed by atoms with Gasteiger partial charge in [0.25, 0.3) is 0 Å². The zero-order valence-corrected chi connectivity index (χ0v) is 8.32. The Balaban J connectivity index is 3.58. The van der Waals surface area contributed by atoms with Crippen LogP contribution in [0.5, 0.6) is 0 Å². The molecule has 0 fully saturated rings. The standard InChI is InChI=1S/C9H17NO4/c1-3-14-9(13)7(2)4-10-5-8(12)6-11/h8,10-12H,2-6H2,1H3. The van der Waals surface area contributed by atoms with Crippen LogP contribution in [0, 0.1) is 0 Å². The molecule has 0 spiro atoms. The summed E-state index contributed by atoms with van der Waals surface area (Å²) in [5.74, 6) is -0.446. The molecular formula is C9H17NO4. The first-order valence-corrected chi connectivity index (χ1v) is 4.46. The van der Waals surface area contributed by atoms with E-state index in [4.69, 9.17) is 14.9 Å². The summed E-state index contributed by atoms with van der Waals surface area (Å²) in [6.45, 7) is 5.70. The maximum Gasteiger partial charge on any atom is 0.334 e. The topological polar surface area (TPSA) is 78.8 Å². The van der Waals surface area contributed by atoms with Gasteiger partial charge >= 0.3 is 5.97 Å². The fourth-order valence-corrected chi connectivity index (χ4v) is 0.760. The summed E-state index contributed by atoms with van der Waals surface area (Å²) < 4.78 is 4.70. The first kappa shape index (κ1) is 13.1. The Morgan fingerprint density at radius 2 is 2.29 bits per heavy atom. The molecule has 0 amide bonds. The van der Waals surface area contributed by atoms with E-state index in [1.165, 1.54) is 0 Å². The van der Waals surface area contributed by atoms with Crippen molar-refractivity contribution >= 4 is 5.97 Å². The van der Waals surface area contributed by atoms with Crippen LogP contribution in [0.3, 0.4) is 0 Å². The minimum Gasteiger partial charge on any atom is -0.463 e. The second-order valence-electron chi connectivity index (χ2n) is 2.79. The number of hydrogen-bond acceptors (Lipinski definition) is 5. The van der Waals surface area contributed by atoms with Gasteiger partial charge in [0.1, 0.15) is 0 Å². The van der Waals surface area contributed by atoms with E-state index in [-0.39, 0.29) is 19.7 Å². The van der Waals surface area contributed by atoms with Gasteiger partial charge in [-0.25, -0.2) is 4.79 Å². The molecule has 0 aromatic carbocycles. The van der Waals surface area contributed by atoms with Crippen LogP contribution in [0.4, 0.5) is 0 Å². The first-order chi connectivity index (χ1) is 6.61. The van der Waals surface area contributed by atoms with E-state index in [0.29, 0.717) is 12.2 Å². The van der Waals surface area contributed by atoms with Crippen LogP contribution < -0.4 is 5.32 Å². The molecule has 0 radical (unpaired) electrons. The molecule has 14 heavy (non-hydrogen) atoms. The van der Waals surface area contributed by atoms with Crippen LogP contribution in [0.1, 0.15) is 6.92 Å². The van der Waals surface area contributed by atoms with Gasteiger partial charge in [0, 0.05) is 18.7 Å². The average Bonchev–Trinajstić information content (AvgIpc) is 2.17. The van der Waals surface area contributed by atoms with Crippen LogP contribution in [0.15, 0.2) is 12.2 Å². The average molecular weight is 203 g/mol. The lowest BCUT2D eigenvalue weighted by Gasteiger charge is -2.09. The Morgan fingerprint density at radius 1 is 1.64 bits per heavy atom. The molecule has 0 aromatic rings. The van der Waals surface area contributed by atoms with Gasteiger partial charge in [-0.15, -0.1) is 0 Å². The fourth-order valence-electron chi connectivity index (χ4n) is 0.760. The van der Waals surface area contributed by atoms with Crippen LogP contribution in [-0.2, 0) is 9.53 Å². The van der Waals surface area contributed by atoms with Crippen molar-refractivity contribution in [3.05, 3.63) is 12.2 Å². The Kier molecular flexibility index (Phi) is 7.00. The first-order valence-electron chi connectivity index (χ1n) is 4.46. The number of aliphatic hydroxyl groups excluding tert-OH is 2. The van der Waals surface area contributed by atoms with Crippen molar-refractivity contribution < 1.29 is 19.7 Å². The third-order valence-electron chi connectivity index (χ3n) is 1.49. The minimum atomic E-state index is -0.815. The molecule has 1 unspecified atom stereocenters. The van der Waals surface area contributed by atoms with Gasteiger partial charge in [-0.05, 0) is 6.92 Å². The van der Waals surface area contributed by atoms with E-state index in [2.05, 4.69) is 11.9 Å². The Bertz CT molecular complexity index is 193. The molecule has 0 aliphatic carbocycles. The molecule has 0 aromatic heterocycles. The Hall–Kier alpha value is -0.910. The van der Waals surface area contributed by atoms with Gasteiger partial charge in [-0.2, -0.15) is 0 Å². The van der Waals surface area contributed by atoms with Crippen LogP contribution in [0.2, 0.25) is 0 Å². The van der Waals surface area contributed by atoms with E-state index in [1.807, 2.05) is 0 Å². The summed E-state index contributed by atoms with van der Waals surface area (Å²) in [5, 5.41) is 20.2. The quantitative estimate of drug-likeness (QED) is 0.367. The van der Waals surface area contributed by atoms with Crippen molar-refractivity contribution in [2.75, 3.05) is 26.3 Å². The second-order valence-corrected chi connectivity index (χ2v) is 2.79. The molecule has 3 N–H and O–H groups in total. The maximum atomic E-state index is 11.0. The largest absolute Gasteiger partial charge is 0.463 e. The summed E-state index contributed by atoms with van der Waals surface area (Å²) >= 11 is 0. The molecule has 5 heteroatoms. The van der Waals surface area contributed by atoms with Crippen molar-refractivity contribution in [2.24, 2.45) is 0 Å². The number of nitrogens with one attached hydrogen (secondary N) is 1. The predicted octanol–water partition coefficient (Wildman–Crippen LogP) is -0.952. The summed E-state index contributed by atoms with van der Waals surface area (Å²) in [6.07, 6.45) is -0.815. The van der Waals surface area contributed by atoms with Gasteiger partial charge in [0.15, 0.2) is 0 Å². The second kappa shape index (κ2) is 7.49. The molecule has 0 bridgehead atoms. The molecule has 0 heterocycles. The fraction of sp³-hybridized carbons (Fsp3) is 0.667. The number of ether oxygens (including phenoxy) is 1. The van der Waals surface area contributed by atoms with E-state index in [9.17, 15) is 4.79 Å². The van der Waals surface area contributed by atoms with Gasteiger partial charge < -0.3 is 20.3 Å². The van der Waals surface area contributed by atoms with Crippen LogP contribution in [0.25, 0.3) is 0 Å². The third-order valence-corrected chi connectivity index (χ3v) is 1.49. The number of esters is 1. The van der Waals surface area contributed by atoms with E-state index >= 15 is 0 Å². The van der Waals surface area contributed by atoms with Crippen molar-refractivity contribution in [1.82, 2.24) is 5.32 Å². The maximum absolute atomic E-state index is 11.0. The summed E-state index contributed by atoms with van der Waals surface area (Å²) in [6, 6.07) is 0. The van der Waals surface area contributed by atoms with Crippen molar-refractivity contribution in [1.29, 1.82) is 0 Å². The number of hydrogen-bond donors (Lipinski definition) is 3. The van der Waals surface area contributed by atoms with E-state index < -0.39 is 12.1 Å². The number of carbonyl (C=O) groups is 1. The van der Waals surface area contributed by atoms with Crippen LogP contribution in [-0.4, -0.2) is 48.6 Å². The molecule has 0 saturated heterocycles. The zero-order chi connectivity index (χ0) is 11.0. The molecule has 0 rings (SSSR count). The van der Waals surface area contributed by atoms with E-state index in [0.717, 1.165) is 0 Å². The van der Waals surface area contributed by atoms with Gasteiger partial charge in [-0.1, -0.05) is 6.58 Å². The molecule has 0 aliphatic rings. The summed E-state index contributed by atoms with van der Waals surface area (Å²) in [4.78, 5) is 11.0. The highest BCUT2D eigenvalue weighted by atomic mass is 16.5. The zero-order valence-electron chi connectivity index (χ0n) is 8.32. The lowest BCUT2D eigenvalue weighted by Crippen LogP contribution is -2.31. The summed E-state index contributed by atoms with van der Waals surface area (Å²) in [5.41, 5.74) is 0.303. The molecule has 1 atom stereocenters. The minimum absolute atomic E-state index is 0.217. The number of rotatable bonds is 7. The molecule has 0 saturated carbocycles. The lowest BCUT2D eigenvalue weighted by molar-refractivity contribution is -0.138. The van der Waals surface area contributed by atoms with Gasteiger partial charge in [0.2, 0.25) is 0 Å². The Labute approximate surface area is 83.4 Å². The predicted molar refractivity (Wildman–Crippen MR) is 51.7 cm³/mol. The molecular weight excluding hydrogens is 186 g/mol. The Morgan fingerprint density at radius 3 is 2.79 bits per heavy atom. The van der Waals surface area contributed by atoms with Gasteiger partial charge in [-0.3, -0.25) is 0 Å². The number of aliphatic hydroxyl groups is 2. The third kappa shape index (κ3) is 5.69. The lowest BCUT2D eigenvalue weighted by atomic mass is 10.3. The molecule has 0 aliphatic heterocycles. The smallest absolute Gasteiger partial charge is 0.334 e. The van der Waals surface area contributed by atoms with Crippen molar-refractivity contribution in [2.45, 2.75) is 13.0 Å². The van der Waals surface area contributed by atoms with Gasteiger partial charge in [0.05, 0.1) is 19.3 Å². The van der Waals surface area contributed by atoms with Crippen LogP contribution >= 0.6 is 0 Å². The molecule has 5 nitrogen and oxygen atoms in total. The van der Waals surface area contributed by atoms with E-state index in [1.54, 1.807) is 6.92 Å². The van der Waals surface area contributed by atoms with Crippen molar-refractivity contribution in [3.63, 3.8) is 0 Å². The SMILES string of the molecule is C=C(CNCC(O)CO)C(=O)OCC. The highest BCUT2D eigenvalue weighted by Crippen LogP contribution is 1.92.